The highest BCUT2D eigenvalue weighted by atomic mass is 19.4. The summed E-state index contributed by atoms with van der Waals surface area (Å²) in [6.07, 6.45) is -4.33. The number of rotatable bonds is 3. The van der Waals surface area contributed by atoms with E-state index in [9.17, 15) is 18.0 Å². The predicted molar refractivity (Wildman–Crippen MR) is 107 cm³/mol. The van der Waals surface area contributed by atoms with E-state index in [1.54, 1.807) is 6.20 Å². The molecule has 2 aliphatic heterocycles. The van der Waals surface area contributed by atoms with Crippen LogP contribution >= 0.6 is 0 Å². The molecule has 2 atom stereocenters. The van der Waals surface area contributed by atoms with Crippen LogP contribution in [0, 0.1) is 0 Å². The third-order valence-electron chi connectivity index (χ3n) is 5.47. The molecule has 166 valence electrons. The van der Waals surface area contributed by atoms with E-state index in [0.29, 0.717) is 6.42 Å². The average Bonchev–Trinajstić information content (AvgIpc) is 3.22. The number of hydrogen-bond acceptors (Lipinski definition) is 5. The number of aryl methyl sites for hydroxylation is 1. The minimum Gasteiger partial charge on any atom is -0.491 e. The second-order valence-corrected chi connectivity index (χ2v) is 7.75. The van der Waals surface area contributed by atoms with Gasteiger partial charge in [0.05, 0.1) is 11.7 Å². The van der Waals surface area contributed by atoms with Crippen molar-refractivity contribution in [2.45, 2.75) is 37.7 Å². The Morgan fingerprint density at radius 2 is 2.06 bits per heavy atom. The van der Waals surface area contributed by atoms with Gasteiger partial charge in [0.15, 0.2) is 11.8 Å². The number of pyridine rings is 1. The van der Waals surface area contributed by atoms with Crippen molar-refractivity contribution in [1.29, 1.82) is 0 Å². The van der Waals surface area contributed by atoms with Crippen LogP contribution in [0.4, 0.5) is 13.2 Å². The Morgan fingerprint density at radius 1 is 1.19 bits per heavy atom. The molecule has 0 aliphatic carbocycles. The number of nitrogens with zero attached hydrogens (tertiary/aromatic N) is 3. The lowest BCUT2D eigenvalue weighted by atomic mass is 9.99. The fourth-order valence-electron chi connectivity index (χ4n) is 3.88. The fraction of sp³-hybridized carbons (Fsp3) is 0.318. The van der Waals surface area contributed by atoms with E-state index in [1.165, 1.54) is 10.7 Å². The summed E-state index contributed by atoms with van der Waals surface area (Å²) < 4.78 is 50.8. The Balaban J connectivity index is 1.27. The maximum Gasteiger partial charge on any atom is 0.425 e. The van der Waals surface area contributed by atoms with Crippen molar-refractivity contribution in [3.63, 3.8) is 0 Å². The Hall–Kier alpha value is -3.56. The number of halogens is 3. The molecule has 10 heteroatoms. The van der Waals surface area contributed by atoms with E-state index in [-0.39, 0.29) is 37.2 Å². The number of benzene rings is 1. The molecule has 1 aromatic carbocycles. The van der Waals surface area contributed by atoms with Crippen molar-refractivity contribution in [2.75, 3.05) is 6.61 Å². The second-order valence-electron chi connectivity index (χ2n) is 7.75. The third-order valence-corrected chi connectivity index (χ3v) is 5.47. The zero-order chi connectivity index (χ0) is 22.3. The maximum absolute atomic E-state index is 12.9. The van der Waals surface area contributed by atoms with Crippen LogP contribution in [0.25, 0.3) is 11.3 Å². The molecule has 0 fully saturated rings. The van der Waals surface area contributed by atoms with Crippen LogP contribution in [0.15, 0.2) is 48.7 Å². The quantitative estimate of drug-likeness (QED) is 0.670. The molecule has 1 amide bonds. The highest BCUT2D eigenvalue weighted by molar-refractivity contribution is 5.92. The van der Waals surface area contributed by atoms with Gasteiger partial charge in [-0.05, 0) is 42.3 Å². The highest BCUT2D eigenvalue weighted by Crippen LogP contribution is 2.32. The first-order chi connectivity index (χ1) is 15.4. The van der Waals surface area contributed by atoms with Gasteiger partial charge in [-0.15, -0.1) is 0 Å². The number of amides is 1. The molecular formula is C22H19F3N4O3. The van der Waals surface area contributed by atoms with Crippen molar-refractivity contribution in [3.8, 4) is 22.9 Å². The van der Waals surface area contributed by atoms with Crippen LogP contribution in [0.2, 0.25) is 0 Å². The minimum absolute atomic E-state index is 0.0101. The molecule has 0 radical (unpaired) electrons. The maximum atomic E-state index is 12.9. The number of fused-ring (bicyclic) bond motifs is 2. The molecule has 2 aliphatic rings. The van der Waals surface area contributed by atoms with E-state index in [2.05, 4.69) is 15.4 Å². The van der Waals surface area contributed by atoms with Crippen LogP contribution in [0.5, 0.6) is 11.6 Å². The normalized spacial score (nSPS) is 19.8. The van der Waals surface area contributed by atoms with Crippen LogP contribution in [0.3, 0.4) is 0 Å². The second kappa shape index (κ2) is 7.85. The third kappa shape index (κ3) is 4.00. The Bertz CT molecular complexity index is 1150. The topological polar surface area (TPSA) is 78.3 Å². The summed E-state index contributed by atoms with van der Waals surface area (Å²) in [4.78, 5) is 17.0. The van der Waals surface area contributed by atoms with Crippen LogP contribution < -0.4 is 14.8 Å². The summed E-state index contributed by atoms with van der Waals surface area (Å²) >= 11 is 0. The number of carbonyl (C=O) groups excluding carboxylic acids is 1. The zero-order valence-electron chi connectivity index (χ0n) is 16.8. The molecule has 0 saturated heterocycles. The van der Waals surface area contributed by atoms with Gasteiger partial charge >= 0.3 is 6.18 Å². The first-order valence-electron chi connectivity index (χ1n) is 10.2. The monoisotopic (exact) mass is 444 g/mol. The zero-order valence-corrected chi connectivity index (χ0v) is 16.8. The molecule has 0 spiro atoms. The molecule has 32 heavy (non-hydrogen) atoms. The number of alkyl halides is 3. The lowest BCUT2D eigenvalue weighted by molar-refractivity contribution is -0.203. The van der Waals surface area contributed by atoms with E-state index in [0.717, 1.165) is 22.6 Å². The SMILES string of the molecule is O=C(N[C@H]1COc2ccc(-c3ccccn3)cc2C1)c1cc2n(n1)CCC(C(F)(F)F)O2. The van der Waals surface area contributed by atoms with Gasteiger partial charge in [-0.3, -0.25) is 9.78 Å². The summed E-state index contributed by atoms with van der Waals surface area (Å²) in [6.45, 7) is 0.310. The molecule has 7 nitrogen and oxygen atoms in total. The summed E-state index contributed by atoms with van der Waals surface area (Å²) in [5, 5.41) is 6.95. The molecular weight excluding hydrogens is 425 g/mol. The number of aromatic nitrogens is 3. The fourth-order valence-corrected chi connectivity index (χ4v) is 3.88. The number of nitrogens with one attached hydrogen (secondary N) is 1. The molecule has 3 aromatic rings. The first kappa shape index (κ1) is 20.3. The van der Waals surface area contributed by atoms with E-state index < -0.39 is 18.2 Å². The molecule has 2 aromatic heterocycles. The van der Waals surface area contributed by atoms with Gasteiger partial charge in [-0.2, -0.15) is 18.3 Å². The number of hydrogen-bond donors (Lipinski definition) is 1. The summed E-state index contributed by atoms with van der Waals surface area (Å²) in [7, 11) is 0. The number of ether oxygens (including phenoxy) is 2. The molecule has 1 unspecified atom stereocenters. The first-order valence-corrected chi connectivity index (χ1v) is 10.2. The molecule has 4 heterocycles. The molecule has 0 saturated carbocycles. The van der Waals surface area contributed by atoms with Gasteiger partial charge in [0.2, 0.25) is 5.88 Å². The van der Waals surface area contributed by atoms with Gasteiger partial charge in [-0.25, -0.2) is 4.68 Å². The van der Waals surface area contributed by atoms with E-state index >= 15 is 0 Å². The van der Waals surface area contributed by atoms with Crippen LogP contribution in [-0.4, -0.2) is 45.6 Å². The summed E-state index contributed by atoms with van der Waals surface area (Å²) in [5.74, 6) is 0.199. The Kier molecular flexibility index (Phi) is 4.99. The van der Waals surface area contributed by atoms with E-state index in [1.807, 2.05) is 36.4 Å². The minimum atomic E-state index is -4.46. The van der Waals surface area contributed by atoms with Crippen LogP contribution in [0.1, 0.15) is 22.5 Å². The smallest absolute Gasteiger partial charge is 0.425 e. The summed E-state index contributed by atoms with van der Waals surface area (Å²) in [5.41, 5.74) is 2.72. The standard InChI is InChI=1S/C22H19F3N4O3/c23-22(24,25)19-6-8-29-20(32-19)11-17(28-29)21(30)27-15-10-14-9-13(4-5-18(14)31-12-15)16-3-1-2-7-26-16/h1-5,7,9,11,15,19H,6,8,10,12H2,(H,27,30)/t15-,19?/m1/s1. The van der Waals surface area contributed by atoms with Gasteiger partial charge in [0.1, 0.15) is 12.4 Å². The van der Waals surface area contributed by atoms with Gasteiger partial charge in [-0.1, -0.05) is 6.07 Å². The largest absolute Gasteiger partial charge is 0.491 e. The molecule has 1 N–H and O–H groups in total. The van der Waals surface area contributed by atoms with Gasteiger partial charge in [0, 0.05) is 30.8 Å². The highest BCUT2D eigenvalue weighted by Gasteiger charge is 2.44. The van der Waals surface area contributed by atoms with Crippen molar-refractivity contribution in [1.82, 2.24) is 20.1 Å². The Morgan fingerprint density at radius 3 is 2.84 bits per heavy atom. The lowest BCUT2D eigenvalue weighted by Gasteiger charge is -2.26. The molecule has 5 rings (SSSR count). The number of carbonyl (C=O) groups is 1. The van der Waals surface area contributed by atoms with Gasteiger partial charge in [0.25, 0.3) is 5.91 Å². The van der Waals surface area contributed by atoms with Crippen molar-refractivity contribution in [3.05, 3.63) is 59.9 Å². The summed E-state index contributed by atoms with van der Waals surface area (Å²) in [6, 6.07) is 12.4. The van der Waals surface area contributed by atoms with Crippen LogP contribution in [-0.2, 0) is 13.0 Å². The van der Waals surface area contributed by atoms with Crippen molar-refractivity contribution < 1.29 is 27.4 Å². The van der Waals surface area contributed by atoms with Gasteiger partial charge < -0.3 is 14.8 Å². The Labute approximate surface area is 181 Å². The predicted octanol–water partition coefficient (Wildman–Crippen LogP) is 3.39. The molecule has 0 bridgehead atoms. The average molecular weight is 444 g/mol. The lowest BCUT2D eigenvalue weighted by Crippen LogP contribution is -2.42. The van der Waals surface area contributed by atoms with E-state index in [4.69, 9.17) is 9.47 Å². The van der Waals surface area contributed by atoms with Crippen molar-refractivity contribution >= 4 is 5.91 Å². The van der Waals surface area contributed by atoms with Crippen molar-refractivity contribution in [2.24, 2.45) is 0 Å².